The van der Waals surface area contributed by atoms with Crippen LogP contribution in [0.4, 0.5) is 0 Å². The molecule has 0 amide bonds. The third kappa shape index (κ3) is 2.61. The first-order chi connectivity index (χ1) is 7.48. The summed E-state index contributed by atoms with van der Waals surface area (Å²) in [5.41, 5.74) is 3.43. The summed E-state index contributed by atoms with van der Waals surface area (Å²) in [7, 11) is 0. The van der Waals surface area contributed by atoms with Crippen LogP contribution in [0.15, 0.2) is 18.2 Å². The molecule has 0 bridgehead atoms. The van der Waals surface area contributed by atoms with E-state index in [1.54, 1.807) is 0 Å². The van der Waals surface area contributed by atoms with Crippen molar-refractivity contribution in [1.29, 1.82) is 0 Å². The van der Waals surface area contributed by atoms with Gasteiger partial charge in [0.2, 0.25) is 0 Å². The van der Waals surface area contributed by atoms with Gasteiger partial charge in [-0.05, 0) is 37.0 Å². The van der Waals surface area contributed by atoms with Gasteiger partial charge in [0.15, 0.2) is 0 Å². The molecule has 2 heteroatoms. The SMILES string of the molecule is Cc1ccc(CC2(O)CSC(C)C2)cc1C. The fourth-order valence-electron chi connectivity index (χ4n) is 2.37. The topological polar surface area (TPSA) is 20.2 Å². The number of thioether (sulfide) groups is 1. The number of aliphatic hydroxyl groups is 1. The van der Waals surface area contributed by atoms with Crippen molar-refractivity contribution in [2.75, 3.05) is 5.75 Å². The molecule has 0 spiro atoms. The third-order valence-electron chi connectivity index (χ3n) is 3.41. The van der Waals surface area contributed by atoms with Crippen LogP contribution in [0.1, 0.15) is 30.0 Å². The Kier molecular flexibility index (Phi) is 3.32. The van der Waals surface area contributed by atoms with Crippen LogP contribution in [-0.2, 0) is 6.42 Å². The van der Waals surface area contributed by atoms with E-state index in [1.165, 1.54) is 16.7 Å². The molecule has 88 valence electrons. The summed E-state index contributed by atoms with van der Waals surface area (Å²) in [4.78, 5) is 0. The Morgan fingerprint density at radius 1 is 1.38 bits per heavy atom. The van der Waals surface area contributed by atoms with Crippen molar-refractivity contribution in [2.45, 2.75) is 44.5 Å². The molecule has 1 aliphatic rings. The molecule has 1 heterocycles. The highest BCUT2D eigenvalue weighted by Gasteiger charge is 2.35. The minimum atomic E-state index is -0.480. The number of rotatable bonds is 2. The summed E-state index contributed by atoms with van der Waals surface area (Å²) >= 11 is 1.88. The van der Waals surface area contributed by atoms with Gasteiger partial charge in [0, 0.05) is 17.4 Å². The highest BCUT2D eigenvalue weighted by molar-refractivity contribution is 8.00. The Balaban J connectivity index is 2.12. The summed E-state index contributed by atoms with van der Waals surface area (Å²) in [6.07, 6.45) is 1.72. The number of aryl methyl sites for hydroxylation is 2. The monoisotopic (exact) mass is 236 g/mol. The molecule has 16 heavy (non-hydrogen) atoms. The normalized spacial score (nSPS) is 29.6. The lowest BCUT2D eigenvalue weighted by Crippen LogP contribution is -2.31. The van der Waals surface area contributed by atoms with Crippen molar-refractivity contribution in [3.05, 3.63) is 34.9 Å². The predicted molar refractivity (Wildman–Crippen MR) is 71.1 cm³/mol. The highest BCUT2D eigenvalue weighted by atomic mass is 32.2. The molecule has 1 nitrogen and oxygen atoms in total. The number of benzene rings is 1. The van der Waals surface area contributed by atoms with Gasteiger partial charge < -0.3 is 5.11 Å². The summed E-state index contributed by atoms with van der Waals surface area (Å²) in [5, 5.41) is 11.0. The highest BCUT2D eigenvalue weighted by Crippen LogP contribution is 2.36. The molecule has 1 aliphatic heterocycles. The Morgan fingerprint density at radius 2 is 2.12 bits per heavy atom. The van der Waals surface area contributed by atoms with E-state index in [2.05, 4.69) is 39.0 Å². The zero-order chi connectivity index (χ0) is 11.8. The lowest BCUT2D eigenvalue weighted by atomic mass is 9.91. The van der Waals surface area contributed by atoms with E-state index in [0.29, 0.717) is 5.25 Å². The van der Waals surface area contributed by atoms with E-state index in [0.717, 1.165) is 18.6 Å². The first kappa shape index (κ1) is 12.0. The van der Waals surface area contributed by atoms with Crippen LogP contribution in [-0.4, -0.2) is 21.7 Å². The molecule has 0 radical (unpaired) electrons. The van der Waals surface area contributed by atoms with Gasteiger partial charge in [-0.1, -0.05) is 25.1 Å². The van der Waals surface area contributed by atoms with Gasteiger partial charge in [-0.3, -0.25) is 0 Å². The third-order valence-corrected chi connectivity index (χ3v) is 4.85. The van der Waals surface area contributed by atoms with Gasteiger partial charge >= 0.3 is 0 Å². The van der Waals surface area contributed by atoms with E-state index in [-0.39, 0.29) is 0 Å². The smallest absolute Gasteiger partial charge is 0.0788 e. The molecule has 0 aromatic heterocycles. The molecule has 1 saturated heterocycles. The molecular weight excluding hydrogens is 216 g/mol. The minimum Gasteiger partial charge on any atom is -0.389 e. The average molecular weight is 236 g/mol. The molecule has 0 aliphatic carbocycles. The second-order valence-electron chi connectivity index (χ2n) is 5.15. The van der Waals surface area contributed by atoms with Crippen LogP contribution in [0, 0.1) is 13.8 Å². The van der Waals surface area contributed by atoms with Crippen molar-refractivity contribution in [2.24, 2.45) is 0 Å². The van der Waals surface area contributed by atoms with E-state index in [4.69, 9.17) is 0 Å². The van der Waals surface area contributed by atoms with Gasteiger partial charge in [-0.2, -0.15) is 11.8 Å². The fourth-order valence-corrected chi connectivity index (χ4v) is 3.61. The molecule has 1 N–H and O–H groups in total. The minimum absolute atomic E-state index is 0.480. The molecule has 1 aromatic rings. The average Bonchev–Trinajstić information content (AvgIpc) is 2.52. The molecule has 0 saturated carbocycles. The first-order valence-electron chi connectivity index (χ1n) is 5.89. The van der Waals surface area contributed by atoms with Gasteiger partial charge in [-0.25, -0.2) is 0 Å². The molecule has 1 aromatic carbocycles. The summed E-state index contributed by atoms with van der Waals surface area (Å²) in [6.45, 7) is 6.46. The molecule has 2 atom stereocenters. The van der Waals surface area contributed by atoms with Crippen molar-refractivity contribution >= 4 is 11.8 Å². The van der Waals surface area contributed by atoms with Crippen LogP contribution in [0.2, 0.25) is 0 Å². The van der Waals surface area contributed by atoms with Crippen molar-refractivity contribution in [3.63, 3.8) is 0 Å². The van der Waals surface area contributed by atoms with Crippen LogP contribution in [0.5, 0.6) is 0 Å². The van der Waals surface area contributed by atoms with E-state index in [9.17, 15) is 5.11 Å². The quantitative estimate of drug-likeness (QED) is 0.851. The molecular formula is C14H20OS. The van der Waals surface area contributed by atoms with Gasteiger partial charge in [0.25, 0.3) is 0 Å². The largest absolute Gasteiger partial charge is 0.389 e. The van der Waals surface area contributed by atoms with Crippen LogP contribution in [0.25, 0.3) is 0 Å². The van der Waals surface area contributed by atoms with Gasteiger partial charge in [0.05, 0.1) is 5.60 Å². The van der Waals surface area contributed by atoms with E-state index < -0.39 is 5.60 Å². The Labute approximate surface area is 102 Å². The summed E-state index contributed by atoms with van der Waals surface area (Å²) in [6, 6.07) is 6.51. The summed E-state index contributed by atoms with van der Waals surface area (Å²) < 4.78 is 0. The van der Waals surface area contributed by atoms with E-state index in [1.807, 2.05) is 11.8 Å². The number of hydrogen-bond donors (Lipinski definition) is 1. The van der Waals surface area contributed by atoms with E-state index >= 15 is 0 Å². The van der Waals surface area contributed by atoms with Gasteiger partial charge in [-0.15, -0.1) is 0 Å². The van der Waals surface area contributed by atoms with Crippen LogP contribution >= 0.6 is 11.8 Å². The molecule has 2 rings (SSSR count). The second-order valence-corrected chi connectivity index (χ2v) is 6.57. The fraction of sp³-hybridized carbons (Fsp3) is 0.571. The maximum absolute atomic E-state index is 10.5. The van der Waals surface area contributed by atoms with Crippen molar-refractivity contribution < 1.29 is 5.11 Å². The Hall–Kier alpha value is -0.470. The molecule has 2 unspecified atom stereocenters. The zero-order valence-corrected chi connectivity index (χ0v) is 11.1. The summed E-state index contributed by atoms with van der Waals surface area (Å²) in [5.74, 6) is 0.876. The maximum atomic E-state index is 10.5. The lowest BCUT2D eigenvalue weighted by molar-refractivity contribution is 0.0642. The van der Waals surface area contributed by atoms with Crippen LogP contribution in [0.3, 0.4) is 0 Å². The second kappa shape index (κ2) is 4.42. The standard InChI is InChI=1S/C14H20OS/c1-10-4-5-13(6-11(10)2)8-14(15)7-12(3)16-9-14/h4-6,12,15H,7-9H2,1-3H3. The Bertz CT molecular complexity index is 388. The zero-order valence-electron chi connectivity index (χ0n) is 10.3. The van der Waals surface area contributed by atoms with Crippen molar-refractivity contribution in [1.82, 2.24) is 0 Å². The number of hydrogen-bond acceptors (Lipinski definition) is 2. The lowest BCUT2D eigenvalue weighted by Gasteiger charge is -2.22. The molecule has 1 fully saturated rings. The van der Waals surface area contributed by atoms with Gasteiger partial charge in [0.1, 0.15) is 0 Å². The predicted octanol–water partition coefficient (Wildman–Crippen LogP) is 3.10. The Morgan fingerprint density at radius 3 is 2.69 bits per heavy atom. The van der Waals surface area contributed by atoms with Crippen molar-refractivity contribution in [3.8, 4) is 0 Å². The first-order valence-corrected chi connectivity index (χ1v) is 6.93. The van der Waals surface area contributed by atoms with Crippen LogP contribution < -0.4 is 0 Å². The maximum Gasteiger partial charge on any atom is 0.0788 e.